The predicted molar refractivity (Wildman–Crippen MR) is 134 cm³/mol. The first kappa shape index (κ1) is 24.3. The van der Waals surface area contributed by atoms with E-state index in [9.17, 15) is 14.4 Å². The minimum atomic E-state index is -0.831. The summed E-state index contributed by atoms with van der Waals surface area (Å²) in [6.45, 7) is 2.55. The lowest BCUT2D eigenvalue weighted by atomic mass is 10.1. The average Bonchev–Trinajstić information content (AvgIpc) is 2.83. The summed E-state index contributed by atoms with van der Waals surface area (Å²) in [6, 6.07) is 17.7. The fraction of sp³-hybridized carbons (Fsp3) is 0.115. The molecular formula is C26H20Cl2N2O5. The van der Waals surface area contributed by atoms with Crippen LogP contribution in [0.15, 0.2) is 72.3 Å². The molecule has 9 heteroatoms. The van der Waals surface area contributed by atoms with E-state index in [0.717, 1.165) is 10.5 Å². The van der Waals surface area contributed by atoms with Crippen LogP contribution >= 0.6 is 23.2 Å². The predicted octanol–water partition coefficient (Wildman–Crippen LogP) is 5.64. The molecule has 0 unspecified atom stereocenters. The molecule has 0 aliphatic carbocycles. The van der Waals surface area contributed by atoms with Crippen LogP contribution in [-0.2, 0) is 16.2 Å². The van der Waals surface area contributed by atoms with Gasteiger partial charge >= 0.3 is 6.03 Å². The SMILES string of the molecule is CCOc1ccc(N2C(=O)NC(=O)/C(=C\c3ccc(OCc4ccccc4Cl)c(Cl)c3)C2=O)cc1. The first-order valence-electron chi connectivity index (χ1n) is 10.7. The molecule has 0 atom stereocenters. The first-order chi connectivity index (χ1) is 16.9. The molecule has 178 valence electrons. The lowest BCUT2D eigenvalue weighted by molar-refractivity contribution is -0.122. The number of ether oxygens (including phenoxy) is 2. The van der Waals surface area contributed by atoms with Crippen LogP contribution in [0.25, 0.3) is 6.08 Å². The molecule has 0 saturated carbocycles. The highest BCUT2D eigenvalue weighted by Gasteiger charge is 2.36. The van der Waals surface area contributed by atoms with Gasteiger partial charge in [-0.2, -0.15) is 0 Å². The number of imide groups is 2. The molecule has 1 saturated heterocycles. The van der Waals surface area contributed by atoms with E-state index in [-0.39, 0.29) is 17.2 Å². The Hall–Kier alpha value is -3.81. The Morgan fingerprint density at radius 3 is 2.34 bits per heavy atom. The van der Waals surface area contributed by atoms with Crippen molar-refractivity contribution in [3.8, 4) is 11.5 Å². The van der Waals surface area contributed by atoms with Crippen LogP contribution in [0.1, 0.15) is 18.1 Å². The fourth-order valence-electron chi connectivity index (χ4n) is 3.41. The van der Waals surface area contributed by atoms with Crippen LogP contribution in [0.5, 0.6) is 11.5 Å². The Morgan fingerprint density at radius 1 is 0.914 bits per heavy atom. The molecule has 0 bridgehead atoms. The summed E-state index contributed by atoms with van der Waals surface area (Å²) in [5.41, 5.74) is 1.38. The number of urea groups is 1. The fourth-order valence-corrected chi connectivity index (χ4v) is 3.85. The number of amides is 4. The highest BCUT2D eigenvalue weighted by atomic mass is 35.5. The van der Waals surface area contributed by atoms with Crippen LogP contribution in [-0.4, -0.2) is 24.5 Å². The molecule has 7 nitrogen and oxygen atoms in total. The summed E-state index contributed by atoms with van der Waals surface area (Å²) in [7, 11) is 0. The summed E-state index contributed by atoms with van der Waals surface area (Å²) < 4.78 is 11.1. The standard InChI is InChI=1S/C26H20Cl2N2O5/c1-2-34-19-10-8-18(9-11-19)30-25(32)20(24(31)29-26(30)33)13-16-7-12-23(22(28)14-16)35-15-17-5-3-4-6-21(17)27/h3-14H,2,15H2,1H3,(H,29,31,33)/b20-13+. The lowest BCUT2D eigenvalue weighted by Crippen LogP contribution is -2.54. The van der Waals surface area contributed by atoms with Crippen LogP contribution < -0.4 is 19.7 Å². The number of carbonyl (C=O) groups is 3. The number of barbiturate groups is 1. The van der Waals surface area contributed by atoms with Crippen molar-refractivity contribution in [2.24, 2.45) is 0 Å². The molecule has 1 heterocycles. The van der Waals surface area contributed by atoms with Crippen molar-refractivity contribution in [3.63, 3.8) is 0 Å². The molecular weight excluding hydrogens is 491 g/mol. The maximum absolute atomic E-state index is 13.1. The molecule has 3 aromatic rings. The van der Waals surface area contributed by atoms with Crippen LogP contribution in [0.2, 0.25) is 10.0 Å². The van der Waals surface area contributed by atoms with Gasteiger partial charge in [0.25, 0.3) is 11.8 Å². The van der Waals surface area contributed by atoms with Crippen LogP contribution in [0, 0.1) is 0 Å². The zero-order valence-corrected chi connectivity index (χ0v) is 20.1. The van der Waals surface area contributed by atoms with Gasteiger partial charge < -0.3 is 9.47 Å². The van der Waals surface area contributed by atoms with E-state index >= 15 is 0 Å². The first-order valence-corrected chi connectivity index (χ1v) is 11.4. The number of nitrogens with one attached hydrogen (secondary N) is 1. The van der Waals surface area contributed by atoms with Crippen molar-refractivity contribution in [2.45, 2.75) is 13.5 Å². The van der Waals surface area contributed by atoms with Gasteiger partial charge in [0.1, 0.15) is 23.7 Å². The van der Waals surface area contributed by atoms with Gasteiger partial charge in [0, 0.05) is 10.6 Å². The molecule has 0 radical (unpaired) electrons. The number of hydrogen-bond acceptors (Lipinski definition) is 5. The number of rotatable bonds is 7. The lowest BCUT2D eigenvalue weighted by Gasteiger charge is -2.26. The van der Waals surface area contributed by atoms with Gasteiger partial charge in [0.2, 0.25) is 0 Å². The van der Waals surface area contributed by atoms with Crippen molar-refractivity contribution in [3.05, 3.63) is 93.5 Å². The number of carbonyl (C=O) groups excluding carboxylic acids is 3. The Labute approximate surface area is 211 Å². The van der Waals surface area contributed by atoms with Crippen molar-refractivity contribution >= 4 is 52.8 Å². The van der Waals surface area contributed by atoms with E-state index in [1.54, 1.807) is 48.5 Å². The largest absolute Gasteiger partial charge is 0.494 e. The minimum Gasteiger partial charge on any atom is -0.494 e. The third-order valence-electron chi connectivity index (χ3n) is 5.12. The molecule has 4 rings (SSSR count). The van der Waals surface area contributed by atoms with Crippen molar-refractivity contribution in [1.29, 1.82) is 0 Å². The summed E-state index contributed by atoms with van der Waals surface area (Å²) in [5, 5.41) is 3.06. The summed E-state index contributed by atoms with van der Waals surface area (Å²) in [4.78, 5) is 38.8. The Balaban J connectivity index is 1.55. The monoisotopic (exact) mass is 510 g/mol. The van der Waals surface area contributed by atoms with Crippen molar-refractivity contribution in [1.82, 2.24) is 5.32 Å². The van der Waals surface area contributed by atoms with E-state index < -0.39 is 17.8 Å². The second-order valence-electron chi connectivity index (χ2n) is 7.45. The second-order valence-corrected chi connectivity index (χ2v) is 8.27. The molecule has 4 amide bonds. The summed E-state index contributed by atoms with van der Waals surface area (Å²) in [6.07, 6.45) is 1.37. The van der Waals surface area contributed by atoms with Gasteiger partial charge in [-0.1, -0.05) is 47.5 Å². The van der Waals surface area contributed by atoms with Crippen molar-refractivity contribution in [2.75, 3.05) is 11.5 Å². The van der Waals surface area contributed by atoms with Crippen LogP contribution in [0.4, 0.5) is 10.5 Å². The summed E-state index contributed by atoms with van der Waals surface area (Å²) >= 11 is 12.5. The topological polar surface area (TPSA) is 84.9 Å². The molecule has 35 heavy (non-hydrogen) atoms. The van der Waals surface area contributed by atoms with Gasteiger partial charge in [-0.05, 0) is 61.0 Å². The third-order valence-corrected chi connectivity index (χ3v) is 5.78. The summed E-state index contributed by atoms with van der Waals surface area (Å²) in [5.74, 6) is -0.533. The van der Waals surface area contributed by atoms with Gasteiger partial charge in [0.05, 0.1) is 17.3 Å². The smallest absolute Gasteiger partial charge is 0.335 e. The van der Waals surface area contributed by atoms with E-state index in [2.05, 4.69) is 5.32 Å². The van der Waals surface area contributed by atoms with Gasteiger partial charge in [-0.25, -0.2) is 9.69 Å². The van der Waals surface area contributed by atoms with E-state index in [1.807, 2.05) is 25.1 Å². The van der Waals surface area contributed by atoms with E-state index in [1.165, 1.54) is 6.08 Å². The molecule has 1 aliphatic rings. The molecule has 0 spiro atoms. The quantitative estimate of drug-likeness (QED) is 0.328. The number of hydrogen-bond donors (Lipinski definition) is 1. The minimum absolute atomic E-state index is 0.209. The van der Waals surface area contributed by atoms with Crippen LogP contribution in [0.3, 0.4) is 0 Å². The normalized spacial score (nSPS) is 14.8. The molecule has 1 N–H and O–H groups in total. The molecule has 1 fully saturated rings. The molecule has 3 aromatic carbocycles. The molecule has 1 aliphatic heterocycles. The maximum Gasteiger partial charge on any atom is 0.335 e. The average molecular weight is 511 g/mol. The molecule has 0 aromatic heterocycles. The Morgan fingerprint density at radius 2 is 1.66 bits per heavy atom. The number of benzene rings is 3. The highest BCUT2D eigenvalue weighted by molar-refractivity contribution is 6.39. The zero-order valence-electron chi connectivity index (χ0n) is 18.6. The Bertz CT molecular complexity index is 1320. The van der Waals surface area contributed by atoms with E-state index in [4.69, 9.17) is 32.7 Å². The van der Waals surface area contributed by atoms with Gasteiger partial charge in [-0.3, -0.25) is 14.9 Å². The number of nitrogens with zero attached hydrogens (tertiary/aromatic N) is 1. The van der Waals surface area contributed by atoms with E-state index in [0.29, 0.717) is 34.4 Å². The zero-order chi connectivity index (χ0) is 24.9. The third kappa shape index (κ3) is 5.48. The second kappa shape index (κ2) is 10.6. The Kier molecular flexibility index (Phi) is 7.39. The van der Waals surface area contributed by atoms with Gasteiger partial charge in [0.15, 0.2) is 0 Å². The van der Waals surface area contributed by atoms with Crippen molar-refractivity contribution < 1.29 is 23.9 Å². The highest BCUT2D eigenvalue weighted by Crippen LogP contribution is 2.29. The van der Waals surface area contributed by atoms with Gasteiger partial charge in [-0.15, -0.1) is 0 Å². The number of anilines is 1. The number of halogens is 2. The maximum atomic E-state index is 13.1.